The molecular weight excluding hydrogens is 1100 g/mol. The molecule has 9 amide bonds. The number of nitrogens with one attached hydrogen (secondary N) is 8. The van der Waals surface area contributed by atoms with Gasteiger partial charge in [0.15, 0.2) is 11.9 Å². The van der Waals surface area contributed by atoms with Gasteiger partial charge in [-0.1, -0.05) is 38.1 Å². The predicted molar refractivity (Wildman–Crippen MR) is 312 cm³/mol. The second kappa shape index (κ2) is 33.9. The molecule has 21 N–H and O–H groups in total. The Bertz CT molecular complexity index is 2750. The normalized spacial score (nSPS) is 15.7. The summed E-state index contributed by atoms with van der Waals surface area (Å²) in [7, 11) is -0.626. The number of aliphatic hydroxyl groups is 1. The van der Waals surface area contributed by atoms with E-state index in [9.17, 15) is 56.7 Å². The first-order valence-electron chi connectivity index (χ1n) is 27.4. The van der Waals surface area contributed by atoms with Crippen molar-refractivity contribution in [3.05, 3.63) is 36.4 Å². The second-order valence-corrected chi connectivity index (χ2v) is 22.5. The van der Waals surface area contributed by atoms with Crippen LogP contribution in [0, 0.1) is 5.92 Å². The molecule has 0 bridgehead atoms. The Morgan fingerprint density at radius 2 is 1.24 bits per heavy atom. The summed E-state index contributed by atoms with van der Waals surface area (Å²) in [6.45, 7) is 5.37. The minimum atomic E-state index is -4.31. The van der Waals surface area contributed by atoms with Crippen LogP contribution >= 0.6 is 0 Å². The number of sulfonamides is 1. The summed E-state index contributed by atoms with van der Waals surface area (Å²) in [6, 6.07) is 1.21. The molecule has 1 fully saturated rings. The van der Waals surface area contributed by atoms with E-state index in [0.29, 0.717) is 30.0 Å². The first kappa shape index (κ1) is 69.4. The number of benzene rings is 2. The standard InChI is InChI=1S/C52H86N18O12S/c1-29(2)26-37(68-83(81,82)40-21-10-14-32-33(40)15-9-19-38(32)69(5)6)50(80)70-25-13-20-39(70)48(78)66-35(16-7-8-22-53)47(77)67-43(31(4)71)49(79)62-27-41(72)61-28-42(73)63-30(3)45(75)65-36(18-12-24-60-52(57)58)46(76)64-34(44(54)74)17-11-23-59-51(55)56/h9-10,14-15,19,21,29-31,34-37,39,43,68,71H,7-8,11-13,16-18,20,22-28,53H2,1-6H3,(H2,54,74)(H,61,72)(H,62,79)(H,63,73)(H,64,76)(H,65,75)(H,66,78)(H,67,77)(H4,55,56,59)(H4,57,58,60)/t30-,31+,34-,35-,36-,37-,39-,43-/m0/s1. The van der Waals surface area contributed by atoms with Gasteiger partial charge < -0.3 is 86.5 Å². The van der Waals surface area contributed by atoms with Crippen LogP contribution in [0.2, 0.25) is 0 Å². The van der Waals surface area contributed by atoms with Crippen LogP contribution < -0.4 is 81.2 Å². The highest BCUT2D eigenvalue weighted by atomic mass is 32.2. The largest absolute Gasteiger partial charge is 0.391 e. The van der Waals surface area contributed by atoms with E-state index < -0.39 is 125 Å². The third-order valence-corrected chi connectivity index (χ3v) is 14.8. The lowest BCUT2D eigenvalue weighted by Gasteiger charge is -2.31. The van der Waals surface area contributed by atoms with Crippen LogP contribution in [0.15, 0.2) is 51.3 Å². The minimum Gasteiger partial charge on any atom is -0.391 e. The van der Waals surface area contributed by atoms with Gasteiger partial charge in [-0.2, -0.15) is 4.72 Å². The van der Waals surface area contributed by atoms with Crippen molar-refractivity contribution in [2.75, 3.05) is 58.3 Å². The van der Waals surface area contributed by atoms with Crippen LogP contribution in [0.3, 0.4) is 0 Å². The summed E-state index contributed by atoms with van der Waals surface area (Å²) in [6.07, 6.45) is 0.527. The zero-order valence-corrected chi connectivity index (χ0v) is 48.9. The molecule has 3 rings (SSSR count). The molecule has 462 valence electrons. The summed E-state index contributed by atoms with van der Waals surface area (Å²) in [5.41, 5.74) is 33.5. The molecule has 0 aliphatic carbocycles. The molecule has 8 atom stereocenters. The van der Waals surface area contributed by atoms with E-state index in [1.807, 2.05) is 45.0 Å². The van der Waals surface area contributed by atoms with E-state index >= 15 is 0 Å². The predicted octanol–water partition coefficient (Wildman–Crippen LogP) is -4.63. The van der Waals surface area contributed by atoms with Crippen molar-refractivity contribution in [2.45, 2.75) is 145 Å². The van der Waals surface area contributed by atoms with E-state index in [-0.39, 0.29) is 93.9 Å². The summed E-state index contributed by atoms with van der Waals surface area (Å²) >= 11 is 0. The Hall–Kier alpha value is -7.90. The number of amides is 9. The van der Waals surface area contributed by atoms with Gasteiger partial charge >= 0.3 is 0 Å². The Labute approximate surface area is 483 Å². The molecular formula is C52H86N18O12S. The van der Waals surface area contributed by atoms with Gasteiger partial charge in [0.2, 0.25) is 63.2 Å². The quantitative estimate of drug-likeness (QED) is 0.0175. The molecule has 0 spiro atoms. The molecule has 83 heavy (non-hydrogen) atoms. The molecule has 1 heterocycles. The molecule has 0 aromatic heterocycles. The number of carbonyl (C=O) groups excluding carboxylic acids is 9. The molecule has 1 aliphatic rings. The summed E-state index contributed by atoms with van der Waals surface area (Å²) in [4.78, 5) is 131. The van der Waals surface area contributed by atoms with E-state index in [1.54, 1.807) is 18.2 Å². The fraction of sp³-hybridized carbons (Fsp3) is 0.596. The number of unbranched alkanes of at least 4 members (excludes halogenated alkanes) is 1. The van der Waals surface area contributed by atoms with Crippen LogP contribution in [0.25, 0.3) is 10.8 Å². The topological polar surface area (TPSA) is 492 Å². The highest BCUT2D eigenvalue weighted by Crippen LogP contribution is 2.31. The number of nitrogens with zero attached hydrogens (tertiary/aromatic N) is 4. The smallest absolute Gasteiger partial charge is 0.245 e. The number of hydrogen-bond donors (Lipinski definition) is 15. The number of anilines is 1. The first-order valence-corrected chi connectivity index (χ1v) is 28.9. The third kappa shape index (κ3) is 22.8. The number of guanidine groups is 2. The summed E-state index contributed by atoms with van der Waals surface area (Å²) < 4.78 is 30.9. The maximum Gasteiger partial charge on any atom is 0.245 e. The molecule has 31 heteroatoms. The second-order valence-electron chi connectivity index (χ2n) is 20.8. The Kier molecular flexibility index (Phi) is 28.3. The van der Waals surface area contributed by atoms with Crippen molar-refractivity contribution in [3.63, 3.8) is 0 Å². The number of fused-ring (bicyclic) bond motifs is 1. The SMILES string of the molecule is CC(C)C[C@H](NS(=O)(=O)c1cccc2c(N(C)C)cccc12)C(=O)N1CCC[C@H]1C(=O)N[C@@H](CCCCN)C(=O)N[C@H](C(=O)NCC(=O)NCC(=O)N[C@@H](C)C(=O)N[C@@H](CCCN=C(N)N)C(=O)N[C@@H](CCCN=C(N)N)C(N)=O)[C@@H](C)O. The van der Waals surface area contributed by atoms with Crippen LogP contribution in [0.1, 0.15) is 91.9 Å². The van der Waals surface area contributed by atoms with E-state index in [1.165, 1.54) is 24.8 Å². The van der Waals surface area contributed by atoms with Crippen LogP contribution in [-0.2, 0) is 53.2 Å². The average Bonchev–Trinajstić information content (AvgIpc) is 4.06. The van der Waals surface area contributed by atoms with E-state index in [2.05, 4.69) is 51.9 Å². The van der Waals surface area contributed by atoms with Crippen molar-refractivity contribution in [2.24, 2.45) is 50.3 Å². The number of likely N-dealkylation sites (tertiary alicyclic amines) is 1. The van der Waals surface area contributed by atoms with E-state index in [4.69, 9.17) is 34.4 Å². The number of aliphatic hydroxyl groups excluding tert-OH is 1. The first-order chi connectivity index (χ1) is 39.1. The molecule has 0 saturated carbocycles. The maximum atomic E-state index is 14.4. The van der Waals surface area contributed by atoms with Gasteiger partial charge in [0.25, 0.3) is 0 Å². The summed E-state index contributed by atoms with van der Waals surface area (Å²) in [5, 5.41) is 28.9. The number of carbonyl (C=O) groups is 9. The number of hydrogen-bond acceptors (Lipinski definition) is 16. The molecule has 0 radical (unpaired) electrons. The summed E-state index contributed by atoms with van der Waals surface area (Å²) in [5.74, 6) is -7.93. The monoisotopic (exact) mass is 1190 g/mol. The zero-order valence-electron chi connectivity index (χ0n) is 48.1. The number of aliphatic imine (C=N–C) groups is 2. The molecule has 0 unspecified atom stereocenters. The van der Waals surface area contributed by atoms with Gasteiger partial charge in [0, 0.05) is 50.2 Å². The van der Waals surface area contributed by atoms with Gasteiger partial charge in [-0.3, -0.25) is 53.1 Å². The maximum absolute atomic E-state index is 14.4. The highest BCUT2D eigenvalue weighted by Gasteiger charge is 2.41. The van der Waals surface area contributed by atoms with Gasteiger partial charge in [-0.15, -0.1) is 0 Å². The lowest BCUT2D eigenvalue weighted by Crippen LogP contribution is -2.60. The fourth-order valence-corrected chi connectivity index (χ4v) is 10.4. The number of primary amides is 1. The Morgan fingerprint density at radius 3 is 1.83 bits per heavy atom. The van der Waals surface area contributed by atoms with E-state index in [0.717, 1.165) is 5.69 Å². The van der Waals surface area contributed by atoms with Crippen LogP contribution in [-0.4, -0.2) is 185 Å². The van der Waals surface area contributed by atoms with Gasteiger partial charge in [-0.05, 0) is 103 Å². The lowest BCUT2D eigenvalue weighted by molar-refractivity contribution is -0.141. The third-order valence-electron chi connectivity index (χ3n) is 13.2. The highest BCUT2D eigenvalue weighted by molar-refractivity contribution is 7.89. The molecule has 1 aliphatic heterocycles. The van der Waals surface area contributed by atoms with Crippen molar-refractivity contribution in [3.8, 4) is 0 Å². The molecule has 2 aromatic rings. The fourth-order valence-electron chi connectivity index (χ4n) is 9.01. The molecule has 30 nitrogen and oxygen atoms in total. The van der Waals surface area contributed by atoms with Crippen molar-refractivity contribution in [1.29, 1.82) is 0 Å². The zero-order chi connectivity index (χ0) is 62.1. The van der Waals surface area contributed by atoms with Gasteiger partial charge in [0.05, 0.1) is 24.1 Å². The Morgan fingerprint density at radius 1 is 0.675 bits per heavy atom. The van der Waals surface area contributed by atoms with Crippen molar-refractivity contribution < 1.29 is 56.7 Å². The number of rotatable bonds is 35. The molecule has 1 saturated heterocycles. The molecule has 2 aromatic carbocycles. The number of nitrogens with two attached hydrogens (primary N) is 6. The van der Waals surface area contributed by atoms with Gasteiger partial charge in [-0.25, -0.2) is 8.42 Å². The minimum absolute atomic E-state index is 0.00604. The van der Waals surface area contributed by atoms with Crippen molar-refractivity contribution >= 4 is 91.6 Å². The average molecular weight is 1190 g/mol. The Balaban J connectivity index is 1.64. The van der Waals surface area contributed by atoms with Crippen LogP contribution in [0.4, 0.5) is 5.69 Å². The van der Waals surface area contributed by atoms with Crippen molar-refractivity contribution in [1.82, 2.24) is 46.8 Å². The van der Waals surface area contributed by atoms with Crippen LogP contribution in [0.5, 0.6) is 0 Å². The lowest BCUT2D eigenvalue weighted by atomic mass is 10.0. The van der Waals surface area contributed by atoms with Gasteiger partial charge in [0.1, 0.15) is 42.3 Å².